The highest BCUT2D eigenvalue weighted by atomic mass is 16.1. The third kappa shape index (κ3) is 4.39. The Bertz CT molecular complexity index is 508. The van der Waals surface area contributed by atoms with Crippen LogP contribution in [0.3, 0.4) is 0 Å². The highest BCUT2D eigenvalue weighted by Crippen LogP contribution is 2.25. The number of carbonyl (C=O) groups is 1. The Hall–Kier alpha value is -1.19. The van der Waals surface area contributed by atoms with Crippen molar-refractivity contribution in [2.75, 3.05) is 33.2 Å². The average Bonchev–Trinajstić information content (AvgIpc) is 2.40. The largest absolute Gasteiger partial charge is 0.304 e. The summed E-state index contributed by atoms with van der Waals surface area (Å²) in [6.07, 6.45) is 0. The van der Waals surface area contributed by atoms with Crippen LogP contribution < -0.4 is 0 Å². The van der Waals surface area contributed by atoms with Gasteiger partial charge in [-0.1, -0.05) is 26.8 Å². The first-order valence-corrected chi connectivity index (χ1v) is 7.82. The van der Waals surface area contributed by atoms with E-state index in [-0.39, 0.29) is 11.2 Å². The topological polar surface area (TPSA) is 23.6 Å². The number of likely N-dealkylation sites (N-methyl/N-ethyl adjacent to an activating group) is 1. The summed E-state index contributed by atoms with van der Waals surface area (Å²) >= 11 is 0. The zero-order valence-corrected chi connectivity index (χ0v) is 14.1. The lowest BCUT2D eigenvalue weighted by molar-refractivity contribution is 0.101. The lowest BCUT2D eigenvalue weighted by Crippen LogP contribution is -2.43. The van der Waals surface area contributed by atoms with Crippen molar-refractivity contribution < 1.29 is 4.79 Å². The predicted molar refractivity (Wildman–Crippen MR) is 87.9 cm³/mol. The fourth-order valence-electron chi connectivity index (χ4n) is 2.68. The molecule has 21 heavy (non-hydrogen) atoms. The van der Waals surface area contributed by atoms with Crippen LogP contribution in [0.25, 0.3) is 0 Å². The van der Waals surface area contributed by atoms with Crippen LogP contribution in [0.4, 0.5) is 0 Å². The Kier molecular flexibility index (Phi) is 4.84. The molecule has 0 aliphatic carbocycles. The van der Waals surface area contributed by atoms with E-state index >= 15 is 0 Å². The lowest BCUT2D eigenvalue weighted by atomic mass is 9.84. The fraction of sp³-hybridized carbons (Fsp3) is 0.611. The molecule has 3 nitrogen and oxygen atoms in total. The highest BCUT2D eigenvalue weighted by molar-refractivity contribution is 5.94. The van der Waals surface area contributed by atoms with Crippen molar-refractivity contribution in [2.24, 2.45) is 0 Å². The summed E-state index contributed by atoms with van der Waals surface area (Å²) in [5.74, 6) is 0.153. The van der Waals surface area contributed by atoms with E-state index in [9.17, 15) is 4.79 Å². The van der Waals surface area contributed by atoms with Gasteiger partial charge in [0.2, 0.25) is 0 Å². The smallest absolute Gasteiger partial charge is 0.159 e. The van der Waals surface area contributed by atoms with Crippen molar-refractivity contribution >= 4 is 5.78 Å². The van der Waals surface area contributed by atoms with Gasteiger partial charge in [-0.2, -0.15) is 0 Å². The lowest BCUT2D eigenvalue weighted by Gasteiger charge is -2.32. The third-order valence-corrected chi connectivity index (χ3v) is 4.27. The van der Waals surface area contributed by atoms with Gasteiger partial charge in [0.1, 0.15) is 0 Å². The van der Waals surface area contributed by atoms with Crippen LogP contribution in [0.2, 0.25) is 0 Å². The molecule has 1 aliphatic heterocycles. The Morgan fingerprint density at radius 1 is 1.10 bits per heavy atom. The Morgan fingerprint density at radius 2 is 1.71 bits per heavy atom. The van der Waals surface area contributed by atoms with Gasteiger partial charge in [-0.25, -0.2) is 0 Å². The first kappa shape index (κ1) is 16.2. The number of piperazine rings is 1. The molecule has 0 atom stereocenters. The van der Waals surface area contributed by atoms with Crippen molar-refractivity contribution in [3.05, 3.63) is 34.9 Å². The molecule has 1 aromatic carbocycles. The van der Waals surface area contributed by atoms with E-state index in [1.165, 1.54) is 11.1 Å². The SMILES string of the molecule is CC(=O)c1cc(CN2CCN(C)CC2)cc(C(C)(C)C)c1. The van der Waals surface area contributed by atoms with Crippen LogP contribution in [0.15, 0.2) is 18.2 Å². The van der Waals surface area contributed by atoms with Crippen molar-refractivity contribution in [3.8, 4) is 0 Å². The number of hydrogen-bond acceptors (Lipinski definition) is 3. The average molecular weight is 288 g/mol. The van der Waals surface area contributed by atoms with Crippen LogP contribution >= 0.6 is 0 Å². The number of Topliss-reactive ketones (excluding diaryl/α,β-unsaturated/α-hetero) is 1. The zero-order valence-electron chi connectivity index (χ0n) is 14.1. The van der Waals surface area contributed by atoms with Crippen molar-refractivity contribution in [1.29, 1.82) is 0 Å². The van der Waals surface area contributed by atoms with Gasteiger partial charge in [0.15, 0.2) is 5.78 Å². The van der Waals surface area contributed by atoms with Crippen LogP contribution in [-0.4, -0.2) is 48.8 Å². The maximum absolute atomic E-state index is 11.8. The third-order valence-electron chi connectivity index (χ3n) is 4.27. The molecule has 1 aromatic rings. The minimum Gasteiger partial charge on any atom is -0.304 e. The summed E-state index contributed by atoms with van der Waals surface area (Å²) in [6, 6.07) is 6.39. The maximum atomic E-state index is 11.8. The second-order valence-electron chi connectivity index (χ2n) is 7.30. The minimum absolute atomic E-state index is 0.0718. The molecule has 0 aromatic heterocycles. The van der Waals surface area contributed by atoms with E-state index in [1.54, 1.807) is 6.92 Å². The molecule has 1 saturated heterocycles. The van der Waals surface area contributed by atoms with Gasteiger partial charge in [-0.05, 0) is 42.6 Å². The first-order chi connectivity index (χ1) is 9.75. The second-order valence-corrected chi connectivity index (χ2v) is 7.30. The molecule has 0 amide bonds. The van der Waals surface area contributed by atoms with Crippen LogP contribution in [-0.2, 0) is 12.0 Å². The molecule has 0 unspecified atom stereocenters. The van der Waals surface area contributed by atoms with Gasteiger partial charge in [-0.3, -0.25) is 9.69 Å². The Balaban J connectivity index is 2.22. The van der Waals surface area contributed by atoms with Crippen molar-refractivity contribution in [3.63, 3.8) is 0 Å². The highest BCUT2D eigenvalue weighted by Gasteiger charge is 2.18. The van der Waals surface area contributed by atoms with Gasteiger partial charge < -0.3 is 4.90 Å². The van der Waals surface area contributed by atoms with Crippen molar-refractivity contribution in [2.45, 2.75) is 39.7 Å². The molecular formula is C18H28N2O. The minimum atomic E-state index is 0.0718. The summed E-state index contributed by atoms with van der Waals surface area (Å²) in [7, 11) is 2.17. The van der Waals surface area contributed by atoms with Crippen LogP contribution in [0, 0.1) is 0 Å². The molecule has 0 radical (unpaired) electrons. The van der Waals surface area contributed by atoms with Gasteiger partial charge >= 0.3 is 0 Å². The summed E-state index contributed by atoms with van der Waals surface area (Å²) in [4.78, 5) is 16.6. The summed E-state index contributed by atoms with van der Waals surface area (Å²) in [5.41, 5.74) is 3.42. The molecule has 1 aliphatic rings. The zero-order chi connectivity index (χ0) is 15.6. The molecule has 1 heterocycles. The quantitative estimate of drug-likeness (QED) is 0.799. The number of rotatable bonds is 3. The molecular weight excluding hydrogens is 260 g/mol. The number of carbonyl (C=O) groups excluding carboxylic acids is 1. The molecule has 3 heteroatoms. The first-order valence-electron chi connectivity index (χ1n) is 7.82. The number of hydrogen-bond donors (Lipinski definition) is 0. The van der Waals surface area contributed by atoms with E-state index in [1.807, 2.05) is 0 Å². The summed E-state index contributed by atoms with van der Waals surface area (Å²) in [6.45, 7) is 13.7. The Morgan fingerprint density at radius 3 is 2.24 bits per heavy atom. The molecule has 2 rings (SSSR count). The monoisotopic (exact) mass is 288 g/mol. The van der Waals surface area contributed by atoms with Gasteiger partial charge in [0.05, 0.1) is 0 Å². The van der Waals surface area contributed by atoms with E-state index in [0.717, 1.165) is 38.3 Å². The molecule has 0 N–H and O–H groups in total. The van der Waals surface area contributed by atoms with Crippen LogP contribution in [0.1, 0.15) is 49.2 Å². The fourth-order valence-corrected chi connectivity index (χ4v) is 2.68. The molecule has 0 bridgehead atoms. The predicted octanol–water partition coefficient (Wildman–Crippen LogP) is 2.93. The standard InChI is InChI=1S/C18H28N2O/c1-14(21)16-10-15(11-17(12-16)18(2,3)4)13-20-8-6-19(5)7-9-20/h10-12H,6-9,13H2,1-5H3. The maximum Gasteiger partial charge on any atom is 0.159 e. The molecule has 0 saturated carbocycles. The number of ketones is 1. The Labute approximate surface area is 128 Å². The van der Waals surface area contributed by atoms with E-state index < -0.39 is 0 Å². The number of nitrogens with zero attached hydrogens (tertiary/aromatic N) is 2. The molecule has 0 spiro atoms. The van der Waals surface area contributed by atoms with E-state index in [0.29, 0.717) is 0 Å². The van der Waals surface area contributed by atoms with Crippen LogP contribution in [0.5, 0.6) is 0 Å². The van der Waals surface area contributed by atoms with Gasteiger partial charge in [0, 0.05) is 38.3 Å². The molecule has 1 fully saturated rings. The van der Waals surface area contributed by atoms with E-state index in [4.69, 9.17) is 0 Å². The van der Waals surface area contributed by atoms with Gasteiger partial charge in [-0.15, -0.1) is 0 Å². The van der Waals surface area contributed by atoms with Crippen molar-refractivity contribution in [1.82, 2.24) is 9.80 Å². The summed E-state index contributed by atoms with van der Waals surface area (Å²) in [5, 5.41) is 0. The normalized spacial score (nSPS) is 18.0. The van der Waals surface area contributed by atoms with E-state index in [2.05, 4.69) is 55.8 Å². The van der Waals surface area contributed by atoms with Gasteiger partial charge in [0.25, 0.3) is 0 Å². The molecule has 116 valence electrons. The summed E-state index contributed by atoms with van der Waals surface area (Å²) < 4.78 is 0. The second kappa shape index (κ2) is 6.29. The number of benzene rings is 1.